The number of carboxylic acid groups (broad SMARTS) is 1. The minimum absolute atomic E-state index is 0.144. The van der Waals surface area contributed by atoms with Gasteiger partial charge in [0.25, 0.3) is 0 Å². The zero-order chi connectivity index (χ0) is 14.0. The molecule has 4 N–H and O–H groups in total. The predicted octanol–water partition coefficient (Wildman–Crippen LogP) is 4.08. The maximum absolute atomic E-state index is 11.2. The molecule has 0 saturated carbocycles. The number of nitrogen functional groups attached to an aromatic ring is 1. The Morgan fingerprint density at radius 2 is 2.05 bits per heavy atom. The number of anilines is 3. The van der Waals surface area contributed by atoms with Crippen molar-refractivity contribution in [1.29, 1.82) is 0 Å². The van der Waals surface area contributed by atoms with Crippen LogP contribution in [-0.2, 0) is 0 Å². The second kappa shape index (κ2) is 5.79. The molecule has 19 heavy (non-hydrogen) atoms. The summed E-state index contributed by atoms with van der Waals surface area (Å²) in [5, 5.41) is 12.2. The highest BCUT2D eigenvalue weighted by atomic mass is 127. The number of nitrogens with two attached hydrogens (primary N) is 1. The molecule has 0 aliphatic heterocycles. The smallest absolute Gasteiger partial charge is 0.337 e. The monoisotopic (exact) mass is 432 g/mol. The maximum Gasteiger partial charge on any atom is 0.337 e. The van der Waals surface area contributed by atoms with E-state index in [2.05, 4.69) is 43.8 Å². The fourth-order valence-electron chi connectivity index (χ4n) is 1.61. The summed E-state index contributed by atoms with van der Waals surface area (Å²) in [7, 11) is 0. The van der Waals surface area contributed by atoms with Gasteiger partial charge in [-0.1, -0.05) is 6.07 Å². The highest BCUT2D eigenvalue weighted by Gasteiger charge is 2.13. The Hall–Kier alpha value is -1.28. The van der Waals surface area contributed by atoms with Crippen molar-refractivity contribution >= 4 is 61.6 Å². The first-order valence-corrected chi connectivity index (χ1v) is 7.20. The second-order valence-electron chi connectivity index (χ2n) is 3.82. The van der Waals surface area contributed by atoms with Gasteiger partial charge < -0.3 is 16.2 Å². The molecule has 4 nitrogen and oxygen atoms in total. The molecule has 2 rings (SSSR count). The van der Waals surface area contributed by atoms with Gasteiger partial charge in [0.2, 0.25) is 0 Å². The number of para-hydroxylation sites is 1. The molecule has 2 aromatic rings. The summed E-state index contributed by atoms with van der Waals surface area (Å²) in [6.45, 7) is 0. The fourth-order valence-corrected chi connectivity index (χ4v) is 3.01. The summed E-state index contributed by atoms with van der Waals surface area (Å²) in [5.74, 6) is -1.02. The zero-order valence-electron chi connectivity index (χ0n) is 9.65. The van der Waals surface area contributed by atoms with Crippen molar-refractivity contribution in [3.05, 3.63) is 50.0 Å². The fraction of sp³-hybridized carbons (Fsp3) is 0. The molecule has 0 aliphatic carbocycles. The summed E-state index contributed by atoms with van der Waals surface area (Å²) in [6.07, 6.45) is 0. The molecule has 0 atom stereocenters. The summed E-state index contributed by atoms with van der Waals surface area (Å²) in [6, 6.07) is 10.5. The van der Waals surface area contributed by atoms with Gasteiger partial charge in [0.05, 0.1) is 22.6 Å². The minimum atomic E-state index is -1.02. The first-order valence-electron chi connectivity index (χ1n) is 5.33. The topological polar surface area (TPSA) is 75.4 Å². The molecule has 98 valence electrons. The van der Waals surface area contributed by atoms with Crippen molar-refractivity contribution in [3.63, 3.8) is 0 Å². The second-order valence-corrected chi connectivity index (χ2v) is 5.92. The van der Waals surface area contributed by atoms with Crippen LogP contribution < -0.4 is 11.1 Å². The highest BCUT2D eigenvalue weighted by molar-refractivity contribution is 14.1. The molecule has 6 heteroatoms. The van der Waals surface area contributed by atoms with Crippen LogP contribution in [0.5, 0.6) is 0 Å². The van der Waals surface area contributed by atoms with Gasteiger partial charge in [0, 0.05) is 8.04 Å². The number of aromatic carboxylic acids is 1. The quantitative estimate of drug-likeness (QED) is 0.504. The summed E-state index contributed by atoms with van der Waals surface area (Å²) in [4.78, 5) is 11.2. The molecule has 0 aromatic heterocycles. The molecule has 0 amide bonds. The molecule has 0 radical (unpaired) electrons. The lowest BCUT2D eigenvalue weighted by Gasteiger charge is -2.13. The van der Waals surface area contributed by atoms with Gasteiger partial charge in [0.1, 0.15) is 0 Å². The van der Waals surface area contributed by atoms with Gasteiger partial charge in [0.15, 0.2) is 0 Å². The van der Waals surface area contributed by atoms with Crippen LogP contribution in [0, 0.1) is 3.57 Å². The first kappa shape index (κ1) is 14.1. The van der Waals surface area contributed by atoms with Crippen molar-refractivity contribution in [2.75, 3.05) is 11.1 Å². The first-order chi connectivity index (χ1) is 8.99. The number of nitrogens with one attached hydrogen (secondary N) is 1. The molecule has 2 aromatic carbocycles. The van der Waals surface area contributed by atoms with E-state index in [1.807, 2.05) is 18.2 Å². The van der Waals surface area contributed by atoms with Gasteiger partial charge in [-0.2, -0.15) is 0 Å². The Morgan fingerprint density at radius 3 is 2.68 bits per heavy atom. The largest absolute Gasteiger partial charge is 0.478 e. The third kappa shape index (κ3) is 3.19. The van der Waals surface area contributed by atoms with Crippen LogP contribution >= 0.6 is 38.5 Å². The van der Waals surface area contributed by atoms with Crippen LogP contribution in [0.3, 0.4) is 0 Å². The Bertz CT molecular complexity index is 647. The van der Waals surface area contributed by atoms with Crippen molar-refractivity contribution in [3.8, 4) is 0 Å². The van der Waals surface area contributed by atoms with Gasteiger partial charge in [-0.3, -0.25) is 0 Å². The van der Waals surface area contributed by atoms with E-state index in [1.54, 1.807) is 12.1 Å². The number of carbonyl (C=O) groups is 1. The van der Waals surface area contributed by atoms with E-state index in [9.17, 15) is 9.90 Å². The van der Waals surface area contributed by atoms with Gasteiger partial charge in [-0.15, -0.1) is 0 Å². The lowest BCUT2D eigenvalue weighted by atomic mass is 10.1. The van der Waals surface area contributed by atoms with Crippen LogP contribution in [-0.4, -0.2) is 11.1 Å². The van der Waals surface area contributed by atoms with Crippen molar-refractivity contribution in [2.45, 2.75) is 0 Å². The summed E-state index contributed by atoms with van der Waals surface area (Å²) in [5.41, 5.74) is 7.55. The zero-order valence-corrected chi connectivity index (χ0v) is 13.4. The highest BCUT2D eigenvalue weighted by Crippen LogP contribution is 2.32. The Balaban J connectivity index is 2.46. The standard InChI is InChI=1S/C13H10BrIN2O2/c14-9-6-7(15)4-5-11(9)17-12-8(13(18)19)2-1-3-10(12)16/h1-6,17H,16H2,(H,18,19). The Kier molecular flexibility index (Phi) is 4.31. The summed E-state index contributed by atoms with van der Waals surface area (Å²) < 4.78 is 1.92. The van der Waals surface area contributed by atoms with E-state index in [0.717, 1.165) is 13.7 Å². The van der Waals surface area contributed by atoms with Crippen LogP contribution in [0.2, 0.25) is 0 Å². The van der Waals surface area contributed by atoms with Crippen LogP contribution in [0.25, 0.3) is 0 Å². The molecular weight excluding hydrogens is 423 g/mol. The van der Waals surface area contributed by atoms with Gasteiger partial charge in [-0.25, -0.2) is 4.79 Å². The van der Waals surface area contributed by atoms with E-state index in [-0.39, 0.29) is 5.56 Å². The number of hydrogen-bond donors (Lipinski definition) is 3. The van der Waals surface area contributed by atoms with Crippen molar-refractivity contribution in [2.24, 2.45) is 0 Å². The average Bonchev–Trinajstić information content (AvgIpc) is 2.34. The number of rotatable bonds is 3. The van der Waals surface area contributed by atoms with E-state index in [0.29, 0.717) is 11.4 Å². The molecule has 0 aliphatic rings. The SMILES string of the molecule is Nc1cccc(C(=O)O)c1Nc1ccc(I)cc1Br. The average molecular weight is 433 g/mol. The molecule has 0 heterocycles. The van der Waals surface area contributed by atoms with E-state index in [1.165, 1.54) is 6.07 Å². The third-order valence-corrected chi connectivity index (χ3v) is 3.84. The normalized spacial score (nSPS) is 10.2. The minimum Gasteiger partial charge on any atom is -0.478 e. The van der Waals surface area contributed by atoms with E-state index >= 15 is 0 Å². The lowest BCUT2D eigenvalue weighted by molar-refractivity contribution is 0.0698. The molecular formula is C13H10BrIN2O2. The third-order valence-electron chi connectivity index (χ3n) is 2.52. The predicted molar refractivity (Wildman–Crippen MR) is 88.0 cm³/mol. The molecule has 0 saturated heterocycles. The number of halogens is 2. The van der Waals surface area contributed by atoms with Crippen molar-refractivity contribution in [1.82, 2.24) is 0 Å². The molecule has 0 spiro atoms. The molecule has 0 unspecified atom stereocenters. The summed E-state index contributed by atoms with van der Waals surface area (Å²) >= 11 is 5.64. The number of hydrogen-bond acceptors (Lipinski definition) is 3. The molecule has 0 fully saturated rings. The van der Waals surface area contributed by atoms with Crippen LogP contribution in [0.15, 0.2) is 40.9 Å². The van der Waals surface area contributed by atoms with Crippen LogP contribution in [0.4, 0.5) is 17.1 Å². The number of carboxylic acids is 1. The van der Waals surface area contributed by atoms with E-state index in [4.69, 9.17) is 5.73 Å². The van der Waals surface area contributed by atoms with E-state index < -0.39 is 5.97 Å². The Morgan fingerprint density at radius 1 is 1.32 bits per heavy atom. The van der Waals surface area contributed by atoms with Gasteiger partial charge >= 0.3 is 5.97 Å². The lowest BCUT2D eigenvalue weighted by Crippen LogP contribution is -2.06. The maximum atomic E-state index is 11.2. The Labute approximate surface area is 132 Å². The number of benzene rings is 2. The van der Waals surface area contributed by atoms with Crippen molar-refractivity contribution < 1.29 is 9.90 Å². The molecule has 0 bridgehead atoms. The van der Waals surface area contributed by atoms with Crippen LogP contribution in [0.1, 0.15) is 10.4 Å². The van der Waals surface area contributed by atoms with Gasteiger partial charge in [-0.05, 0) is 68.9 Å².